The van der Waals surface area contributed by atoms with Gasteiger partial charge in [0.05, 0.1) is 18.2 Å². The van der Waals surface area contributed by atoms with Crippen molar-refractivity contribution in [3.05, 3.63) is 95.1 Å². The fraction of sp³-hybridized carbons (Fsp3) is 0.300. The van der Waals surface area contributed by atoms with Crippen molar-refractivity contribution in [1.82, 2.24) is 4.90 Å². The van der Waals surface area contributed by atoms with Crippen LogP contribution in [0, 0.1) is 0 Å². The minimum atomic E-state index is -0.595. The van der Waals surface area contributed by atoms with E-state index in [4.69, 9.17) is 14.2 Å². The first kappa shape index (κ1) is 25.9. The van der Waals surface area contributed by atoms with Gasteiger partial charge in [-0.3, -0.25) is 4.79 Å². The molecule has 0 N–H and O–H groups in total. The van der Waals surface area contributed by atoms with Gasteiger partial charge in [0, 0.05) is 31.0 Å². The zero-order valence-electron chi connectivity index (χ0n) is 21.5. The Morgan fingerprint density at radius 1 is 0.919 bits per heavy atom. The van der Waals surface area contributed by atoms with E-state index >= 15 is 0 Å². The summed E-state index contributed by atoms with van der Waals surface area (Å²) < 4.78 is 16.4. The van der Waals surface area contributed by atoms with E-state index in [9.17, 15) is 14.4 Å². The van der Waals surface area contributed by atoms with Crippen molar-refractivity contribution < 1.29 is 28.6 Å². The second-order valence-electron chi connectivity index (χ2n) is 10.0. The van der Waals surface area contributed by atoms with Crippen LogP contribution in [0.2, 0.25) is 0 Å². The fourth-order valence-electron chi connectivity index (χ4n) is 4.23. The number of carbonyl (C=O) groups is 3. The molecule has 1 aliphatic rings. The molecule has 0 aromatic heterocycles. The molecule has 0 aliphatic carbocycles. The van der Waals surface area contributed by atoms with Gasteiger partial charge < -0.3 is 19.1 Å². The first-order valence-electron chi connectivity index (χ1n) is 12.2. The van der Waals surface area contributed by atoms with Gasteiger partial charge in [0.15, 0.2) is 0 Å². The van der Waals surface area contributed by atoms with Crippen LogP contribution < -0.4 is 4.74 Å². The number of rotatable bonds is 7. The lowest BCUT2D eigenvalue weighted by molar-refractivity contribution is -0.128. The number of carbonyl (C=O) groups excluding carboxylic acids is 3. The lowest BCUT2D eigenvalue weighted by Crippen LogP contribution is -2.24. The van der Waals surface area contributed by atoms with Gasteiger partial charge in [-0.15, -0.1) is 0 Å². The van der Waals surface area contributed by atoms with Crippen molar-refractivity contribution in [2.24, 2.45) is 0 Å². The average molecular weight is 502 g/mol. The monoisotopic (exact) mass is 501 g/mol. The van der Waals surface area contributed by atoms with Crippen molar-refractivity contribution in [3.8, 4) is 11.5 Å². The molecular weight excluding hydrogens is 470 g/mol. The summed E-state index contributed by atoms with van der Waals surface area (Å²) in [5.41, 5.74) is 2.04. The third-order valence-electron chi connectivity index (χ3n) is 6.05. The van der Waals surface area contributed by atoms with Gasteiger partial charge in [-0.1, -0.05) is 36.4 Å². The Bertz CT molecular complexity index is 1280. The normalized spacial score (nSPS) is 15.4. The molecule has 1 saturated heterocycles. The van der Waals surface area contributed by atoms with Crippen LogP contribution in [0.25, 0.3) is 0 Å². The molecule has 3 aromatic rings. The molecule has 1 heterocycles. The molecule has 1 aliphatic heterocycles. The molecule has 1 atom stereocenters. The predicted molar refractivity (Wildman–Crippen MR) is 139 cm³/mol. The van der Waals surface area contributed by atoms with Gasteiger partial charge in [0.2, 0.25) is 5.91 Å². The lowest BCUT2D eigenvalue weighted by Gasteiger charge is -2.20. The number of amides is 1. The maximum absolute atomic E-state index is 12.8. The maximum Gasteiger partial charge on any atom is 0.338 e. The van der Waals surface area contributed by atoms with Crippen molar-refractivity contribution in [2.75, 3.05) is 13.7 Å². The molecule has 4 rings (SSSR count). The van der Waals surface area contributed by atoms with E-state index in [0.29, 0.717) is 42.1 Å². The number of ether oxygens (including phenoxy) is 3. The summed E-state index contributed by atoms with van der Waals surface area (Å²) in [5, 5.41) is 0. The third kappa shape index (κ3) is 6.55. The molecule has 7 heteroatoms. The minimum absolute atomic E-state index is 0.0681. The summed E-state index contributed by atoms with van der Waals surface area (Å²) in [6, 6.07) is 21.6. The summed E-state index contributed by atoms with van der Waals surface area (Å²) in [5.74, 6) is 0.201. The number of benzene rings is 3. The highest BCUT2D eigenvalue weighted by Crippen LogP contribution is 2.33. The lowest BCUT2D eigenvalue weighted by atomic mass is 9.98. The van der Waals surface area contributed by atoms with Crippen LogP contribution in [0.3, 0.4) is 0 Å². The van der Waals surface area contributed by atoms with E-state index in [1.807, 2.05) is 56.0 Å². The number of hydrogen-bond acceptors (Lipinski definition) is 6. The molecular formula is C30H31NO6. The topological polar surface area (TPSA) is 82.1 Å². The summed E-state index contributed by atoms with van der Waals surface area (Å²) in [6.07, 6.45) is 0.451. The van der Waals surface area contributed by atoms with Crippen LogP contribution in [0.15, 0.2) is 72.8 Å². The van der Waals surface area contributed by atoms with Gasteiger partial charge in [0.25, 0.3) is 0 Å². The Hall–Kier alpha value is -4.13. The van der Waals surface area contributed by atoms with Crippen molar-refractivity contribution >= 4 is 17.8 Å². The van der Waals surface area contributed by atoms with Gasteiger partial charge >= 0.3 is 11.9 Å². The molecule has 0 unspecified atom stereocenters. The van der Waals surface area contributed by atoms with E-state index < -0.39 is 17.5 Å². The van der Waals surface area contributed by atoms with E-state index in [1.54, 1.807) is 42.5 Å². The standard InChI is InChI=1S/C30H31NO6/c1-30(2,3)37-29(34)21-12-14-25(15-13-21)36-26-16-22(28(33)35-4)10-11-23(26)18-31-19-24(17-27(31)32)20-8-6-5-7-9-20/h5-16,24H,17-19H2,1-4H3/t24-/m1/s1. The summed E-state index contributed by atoms with van der Waals surface area (Å²) in [7, 11) is 1.32. The van der Waals surface area contributed by atoms with E-state index in [-0.39, 0.29) is 11.8 Å². The molecule has 192 valence electrons. The average Bonchev–Trinajstić information content (AvgIpc) is 3.24. The Morgan fingerprint density at radius 3 is 2.24 bits per heavy atom. The van der Waals surface area contributed by atoms with E-state index in [1.165, 1.54) is 7.11 Å². The Morgan fingerprint density at radius 2 is 1.59 bits per heavy atom. The molecule has 1 amide bonds. The largest absolute Gasteiger partial charge is 0.465 e. The molecule has 37 heavy (non-hydrogen) atoms. The third-order valence-corrected chi connectivity index (χ3v) is 6.05. The van der Waals surface area contributed by atoms with E-state index in [0.717, 1.165) is 11.1 Å². The Kier molecular flexibility index (Phi) is 7.62. The molecule has 3 aromatic carbocycles. The molecule has 0 saturated carbocycles. The highest BCUT2D eigenvalue weighted by atomic mass is 16.6. The number of likely N-dealkylation sites (tertiary alicyclic amines) is 1. The van der Waals surface area contributed by atoms with E-state index in [2.05, 4.69) is 0 Å². The summed E-state index contributed by atoms with van der Waals surface area (Å²) >= 11 is 0. The quantitative estimate of drug-likeness (QED) is 0.384. The van der Waals surface area contributed by atoms with Crippen LogP contribution in [0.1, 0.15) is 65.0 Å². The highest BCUT2D eigenvalue weighted by molar-refractivity contribution is 5.90. The molecule has 0 radical (unpaired) electrons. The van der Waals surface area contributed by atoms with Crippen LogP contribution in [0.5, 0.6) is 11.5 Å². The molecule has 1 fully saturated rings. The van der Waals surface area contributed by atoms with Crippen LogP contribution in [-0.4, -0.2) is 42.0 Å². The zero-order chi connectivity index (χ0) is 26.6. The van der Waals surface area contributed by atoms with Gasteiger partial charge in [0.1, 0.15) is 17.1 Å². The molecule has 0 spiro atoms. The van der Waals surface area contributed by atoms with Crippen LogP contribution in [-0.2, 0) is 20.8 Å². The molecule has 7 nitrogen and oxygen atoms in total. The fourth-order valence-corrected chi connectivity index (χ4v) is 4.23. The van der Waals surface area contributed by atoms with Gasteiger partial charge in [-0.25, -0.2) is 9.59 Å². The van der Waals surface area contributed by atoms with Crippen molar-refractivity contribution in [2.45, 2.75) is 45.3 Å². The van der Waals surface area contributed by atoms with Crippen LogP contribution in [0.4, 0.5) is 0 Å². The maximum atomic E-state index is 12.8. The van der Waals surface area contributed by atoms with Gasteiger partial charge in [-0.2, -0.15) is 0 Å². The minimum Gasteiger partial charge on any atom is -0.465 e. The first-order chi connectivity index (χ1) is 17.6. The van der Waals surface area contributed by atoms with Crippen LogP contribution >= 0.6 is 0 Å². The SMILES string of the molecule is COC(=O)c1ccc(CN2C[C@H](c3ccccc3)CC2=O)c(Oc2ccc(C(=O)OC(C)(C)C)cc2)c1. The van der Waals surface area contributed by atoms with Crippen molar-refractivity contribution in [1.29, 1.82) is 0 Å². The summed E-state index contributed by atoms with van der Waals surface area (Å²) in [4.78, 5) is 39.1. The number of esters is 2. The second kappa shape index (κ2) is 10.9. The molecule has 0 bridgehead atoms. The number of nitrogens with zero attached hydrogens (tertiary/aromatic N) is 1. The Balaban J connectivity index is 1.55. The number of hydrogen-bond donors (Lipinski definition) is 0. The number of methoxy groups -OCH3 is 1. The predicted octanol–water partition coefficient (Wildman–Crippen LogP) is 5.74. The van der Waals surface area contributed by atoms with Crippen molar-refractivity contribution in [3.63, 3.8) is 0 Å². The second-order valence-corrected chi connectivity index (χ2v) is 10.0. The summed E-state index contributed by atoms with van der Waals surface area (Å²) in [6.45, 7) is 6.38. The Labute approximate surface area is 217 Å². The smallest absolute Gasteiger partial charge is 0.338 e. The zero-order valence-corrected chi connectivity index (χ0v) is 21.5. The highest BCUT2D eigenvalue weighted by Gasteiger charge is 2.31. The van der Waals surface area contributed by atoms with Gasteiger partial charge in [-0.05, 0) is 62.7 Å². The first-order valence-corrected chi connectivity index (χ1v) is 12.2.